The predicted molar refractivity (Wildman–Crippen MR) is 77.3 cm³/mol. The Hall–Kier alpha value is -1.19. The van der Waals surface area contributed by atoms with E-state index < -0.39 is 0 Å². The first kappa shape index (κ1) is 14.9. The van der Waals surface area contributed by atoms with Crippen LogP contribution >= 0.6 is 23.2 Å². The molecule has 3 nitrogen and oxygen atoms in total. The normalized spacial score (nSPS) is 10.2. The fourth-order valence-electron chi connectivity index (χ4n) is 1.64. The molecule has 98 valence electrons. The maximum Gasteiger partial charge on any atom is 0.255 e. The van der Waals surface area contributed by atoms with Crippen LogP contribution in [0.4, 0.5) is 5.69 Å². The van der Waals surface area contributed by atoms with Crippen LogP contribution in [-0.4, -0.2) is 23.9 Å². The van der Waals surface area contributed by atoms with Crippen LogP contribution in [0.3, 0.4) is 0 Å². The molecule has 2 N–H and O–H groups in total. The maximum absolute atomic E-state index is 12.3. The molecule has 0 radical (unpaired) electrons. The van der Waals surface area contributed by atoms with E-state index in [0.29, 0.717) is 24.3 Å². The van der Waals surface area contributed by atoms with E-state index in [1.807, 2.05) is 6.92 Å². The molecule has 0 aromatic heterocycles. The standard InChI is InChI=1S/C13H16Cl2N2O/c1-3-5-17(6-4-2)13(18)10-7-9(16)8-11(14)12(10)15/h3,7-8H,1,4-6,16H2,2H3. The van der Waals surface area contributed by atoms with Crippen molar-refractivity contribution in [1.29, 1.82) is 0 Å². The van der Waals surface area contributed by atoms with Gasteiger partial charge in [0.15, 0.2) is 0 Å². The lowest BCUT2D eigenvalue weighted by Gasteiger charge is -2.21. The fraction of sp³-hybridized carbons (Fsp3) is 0.308. The Bertz CT molecular complexity index is 461. The first-order valence-corrected chi connectivity index (χ1v) is 6.41. The van der Waals surface area contributed by atoms with E-state index in [4.69, 9.17) is 28.9 Å². The van der Waals surface area contributed by atoms with Crippen LogP contribution in [0.5, 0.6) is 0 Å². The largest absolute Gasteiger partial charge is 0.399 e. The molecule has 0 fully saturated rings. The van der Waals surface area contributed by atoms with Gasteiger partial charge < -0.3 is 10.6 Å². The van der Waals surface area contributed by atoms with Gasteiger partial charge in [-0.1, -0.05) is 36.2 Å². The average molecular weight is 287 g/mol. The Balaban J connectivity index is 3.11. The van der Waals surface area contributed by atoms with E-state index >= 15 is 0 Å². The van der Waals surface area contributed by atoms with Gasteiger partial charge in [0, 0.05) is 18.8 Å². The van der Waals surface area contributed by atoms with Gasteiger partial charge in [0.2, 0.25) is 0 Å². The molecular weight excluding hydrogens is 271 g/mol. The first-order chi connectivity index (χ1) is 8.51. The number of benzene rings is 1. The zero-order chi connectivity index (χ0) is 13.7. The minimum Gasteiger partial charge on any atom is -0.399 e. The molecule has 5 heteroatoms. The molecule has 0 bridgehead atoms. The molecular formula is C13H16Cl2N2O. The number of halogens is 2. The lowest BCUT2D eigenvalue weighted by molar-refractivity contribution is 0.0774. The second-order valence-corrected chi connectivity index (χ2v) is 4.69. The van der Waals surface area contributed by atoms with Crippen molar-refractivity contribution in [2.24, 2.45) is 0 Å². The second-order valence-electron chi connectivity index (χ2n) is 3.90. The van der Waals surface area contributed by atoms with Crippen LogP contribution in [0.1, 0.15) is 23.7 Å². The summed E-state index contributed by atoms with van der Waals surface area (Å²) < 4.78 is 0. The van der Waals surface area contributed by atoms with Gasteiger partial charge in [-0.25, -0.2) is 0 Å². The highest BCUT2D eigenvalue weighted by atomic mass is 35.5. The molecule has 1 rings (SSSR count). The third-order valence-electron chi connectivity index (χ3n) is 2.41. The van der Waals surface area contributed by atoms with Gasteiger partial charge in [0.1, 0.15) is 0 Å². The van der Waals surface area contributed by atoms with Gasteiger partial charge in [0.25, 0.3) is 5.91 Å². The molecule has 0 aliphatic rings. The van der Waals surface area contributed by atoms with Crippen molar-refractivity contribution in [3.8, 4) is 0 Å². The minimum atomic E-state index is -0.184. The Labute approximate surface area is 117 Å². The number of rotatable bonds is 5. The molecule has 0 heterocycles. The molecule has 0 spiro atoms. The number of carbonyl (C=O) groups is 1. The minimum absolute atomic E-state index is 0.184. The second kappa shape index (κ2) is 6.66. The molecule has 1 amide bonds. The highest BCUT2D eigenvalue weighted by Crippen LogP contribution is 2.29. The molecule has 0 aliphatic heterocycles. The molecule has 0 unspecified atom stereocenters. The van der Waals surface area contributed by atoms with Gasteiger partial charge in [-0.2, -0.15) is 0 Å². The summed E-state index contributed by atoms with van der Waals surface area (Å²) in [4.78, 5) is 14.0. The van der Waals surface area contributed by atoms with Crippen LogP contribution < -0.4 is 5.73 Å². The summed E-state index contributed by atoms with van der Waals surface area (Å²) in [6, 6.07) is 3.07. The predicted octanol–water partition coefficient (Wildman–Crippen LogP) is 3.61. The third-order valence-corrected chi connectivity index (χ3v) is 3.21. The zero-order valence-electron chi connectivity index (χ0n) is 10.2. The molecule has 0 aliphatic carbocycles. The number of hydrogen-bond acceptors (Lipinski definition) is 2. The van der Waals surface area contributed by atoms with E-state index in [0.717, 1.165) is 6.42 Å². The highest BCUT2D eigenvalue weighted by molar-refractivity contribution is 6.44. The number of hydrogen-bond donors (Lipinski definition) is 1. The smallest absolute Gasteiger partial charge is 0.255 e. The van der Waals surface area contributed by atoms with Gasteiger partial charge >= 0.3 is 0 Å². The Kier molecular flexibility index (Phi) is 5.51. The van der Waals surface area contributed by atoms with Crippen LogP contribution in [0.2, 0.25) is 10.0 Å². The number of carbonyl (C=O) groups excluding carboxylic acids is 1. The zero-order valence-corrected chi connectivity index (χ0v) is 11.8. The van der Waals surface area contributed by atoms with Crippen molar-refractivity contribution in [2.45, 2.75) is 13.3 Å². The van der Waals surface area contributed by atoms with Crippen LogP contribution in [0.15, 0.2) is 24.8 Å². The molecule has 0 saturated heterocycles. The van der Waals surface area contributed by atoms with Gasteiger partial charge in [-0.3, -0.25) is 4.79 Å². The summed E-state index contributed by atoms with van der Waals surface area (Å²) in [5.74, 6) is -0.184. The number of anilines is 1. The van der Waals surface area contributed by atoms with Crippen LogP contribution in [0.25, 0.3) is 0 Å². The summed E-state index contributed by atoms with van der Waals surface area (Å²) in [6.07, 6.45) is 2.53. The van der Waals surface area contributed by atoms with Crippen molar-refractivity contribution in [3.63, 3.8) is 0 Å². The molecule has 1 aromatic carbocycles. The molecule has 0 saturated carbocycles. The highest BCUT2D eigenvalue weighted by Gasteiger charge is 2.19. The van der Waals surface area contributed by atoms with E-state index in [1.54, 1.807) is 17.0 Å². The number of nitrogens with two attached hydrogens (primary N) is 1. The van der Waals surface area contributed by atoms with Gasteiger partial charge in [-0.05, 0) is 18.6 Å². The Morgan fingerprint density at radius 2 is 2.17 bits per heavy atom. The van der Waals surface area contributed by atoms with Crippen molar-refractivity contribution in [1.82, 2.24) is 4.90 Å². The molecule has 18 heavy (non-hydrogen) atoms. The topological polar surface area (TPSA) is 46.3 Å². The quantitative estimate of drug-likeness (QED) is 0.664. The monoisotopic (exact) mass is 286 g/mol. The van der Waals surface area contributed by atoms with E-state index in [1.165, 1.54) is 6.07 Å². The summed E-state index contributed by atoms with van der Waals surface area (Å²) >= 11 is 12.0. The lowest BCUT2D eigenvalue weighted by atomic mass is 10.1. The van der Waals surface area contributed by atoms with Crippen LogP contribution in [0, 0.1) is 0 Å². The van der Waals surface area contributed by atoms with Crippen LogP contribution in [-0.2, 0) is 0 Å². The molecule has 0 atom stereocenters. The third kappa shape index (κ3) is 3.40. The maximum atomic E-state index is 12.3. The van der Waals surface area contributed by atoms with E-state index in [2.05, 4.69) is 6.58 Å². The van der Waals surface area contributed by atoms with E-state index in [9.17, 15) is 4.79 Å². The Morgan fingerprint density at radius 1 is 1.50 bits per heavy atom. The van der Waals surface area contributed by atoms with Crippen molar-refractivity contribution in [2.75, 3.05) is 18.8 Å². The van der Waals surface area contributed by atoms with Crippen molar-refractivity contribution >= 4 is 34.8 Å². The first-order valence-electron chi connectivity index (χ1n) is 5.66. The lowest BCUT2D eigenvalue weighted by Crippen LogP contribution is -2.32. The van der Waals surface area contributed by atoms with Crippen molar-refractivity contribution in [3.05, 3.63) is 40.4 Å². The summed E-state index contributed by atoms with van der Waals surface area (Å²) in [5.41, 5.74) is 6.43. The van der Waals surface area contributed by atoms with Gasteiger partial charge in [-0.15, -0.1) is 6.58 Å². The Morgan fingerprint density at radius 3 is 2.72 bits per heavy atom. The average Bonchev–Trinajstić information content (AvgIpc) is 2.32. The van der Waals surface area contributed by atoms with Gasteiger partial charge in [0.05, 0.1) is 15.6 Å². The van der Waals surface area contributed by atoms with Crippen molar-refractivity contribution < 1.29 is 4.79 Å². The number of nitrogens with zero attached hydrogens (tertiary/aromatic N) is 1. The summed E-state index contributed by atoms with van der Waals surface area (Å²) in [7, 11) is 0. The summed E-state index contributed by atoms with van der Waals surface area (Å²) in [6.45, 7) is 6.74. The number of nitrogen functional groups attached to an aromatic ring is 1. The fourth-order valence-corrected chi connectivity index (χ4v) is 2.06. The summed E-state index contributed by atoms with van der Waals surface area (Å²) in [5, 5.41) is 0.524. The SMILES string of the molecule is C=CCN(CCC)C(=O)c1cc(N)cc(Cl)c1Cl. The number of amides is 1. The molecule has 1 aromatic rings. The van der Waals surface area contributed by atoms with E-state index in [-0.39, 0.29) is 16.0 Å².